The highest BCUT2D eigenvalue weighted by atomic mass is 16.5. The molecule has 3 aliphatic heterocycles. The van der Waals surface area contributed by atoms with Crippen LogP contribution in [-0.4, -0.2) is 38.3 Å². The van der Waals surface area contributed by atoms with Gasteiger partial charge in [-0.25, -0.2) is 0 Å². The van der Waals surface area contributed by atoms with Gasteiger partial charge in [0, 0.05) is 42.0 Å². The molecule has 4 aliphatic rings. The highest BCUT2D eigenvalue weighted by Crippen LogP contribution is 2.55. The summed E-state index contributed by atoms with van der Waals surface area (Å²) < 4.78 is 5.55. The normalized spacial score (nSPS) is 29.7. The van der Waals surface area contributed by atoms with Crippen LogP contribution in [0.15, 0.2) is 57.0 Å². The highest BCUT2D eigenvalue weighted by Gasteiger charge is 2.53. The van der Waals surface area contributed by atoms with Crippen molar-refractivity contribution in [1.82, 2.24) is 5.32 Å². The number of ketones is 1. The molecule has 0 amide bonds. The summed E-state index contributed by atoms with van der Waals surface area (Å²) in [5.74, 6) is 0.253. The summed E-state index contributed by atoms with van der Waals surface area (Å²) in [6.45, 7) is 11.9. The van der Waals surface area contributed by atoms with Gasteiger partial charge in [0.05, 0.1) is 24.3 Å². The molecule has 1 fully saturated rings. The van der Waals surface area contributed by atoms with Gasteiger partial charge in [0.15, 0.2) is 11.9 Å². The molecular formula is C25H32N4O2. The van der Waals surface area contributed by atoms with Crippen LogP contribution in [0.4, 0.5) is 5.69 Å². The summed E-state index contributed by atoms with van der Waals surface area (Å²) in [5.41, 5.74) is 5.89. The number of benzene rings is 1. The van der Waals surface area contributed by atoms with E-state index >= 15 is 0 Å². The molecule has 0 radical (unpaired) electrons. The fraction of sp³-hybridized carbons (Fsp3) is 0.560. The smallest absolute Gasteiger partial charge is 0.165 e. The van der Waals surface area contributed by atoms with Gasteiger partial charge in [-0.1, -0.05) is 32.9 Å². The maximum Gasteiger partial charge on any atom is 0.165 e. The lowest BCUT2D eigenvalue weighted by Crippen LogP contribution is -2.51. The Bertz CT molecular complexity index is 1020. The van der Waals surface area contributed by atoms with Gasteiger partial charge in [-0.2, -0.15) is 10.2 Å². The van der Waals surface area contributed by atoms with Crippen molar-refractivity contribution in [1.29, 1.82) is 0 Å². The van der Waals surface area contributed by atoms with E-state index < -0.39 is 5.41 Å². The average Bonchev–Trinajstić information content (AvgIpc) is 3.13. The number of hydrogen-bond acceptors (Lipinski definition) is 6. The third-order valence-corrected chi connectivity index (χ3v) is 7.30. The van der Waals surface area contributed by atoms with E-state index in [0.29, 0.717) is 6.42 Å². The molecule has 5 rings (SSSR count). The Morgan fingerprint density at radius 3 is 2.74 bits per heavy atom. The molecule has 2 atom stereocenters. The Labute approximate surface area is 184 Å². The van der Waals surface area contributed by atoms with Crippen molar-refractivity contribution in [3.8, 4) is 0 Å². The van der Waals surface area contributed by atoms with Crippen molar-refractivity contribution in [3.63, 3.8) is 0 Å². The van der Waals surface area contributed by atoms with E-state index in [4.69, 9.17) is 4.74 Å². The third kappa shape index (κ3) is 3.15. The fourth-order valence-corrected chi connectivity index (χ4v) is 6.00. The molecule has 164 valence electrons. The Hall–Kier alpha value is -2.47. The number of ether oxygens (including phenoxy) is 1. The number of azo groups is 1. The largest absolute Gasteiger partial charge is 0.378 e. The van der Waals surface area contributed by atoms with E-state index in [1.807, 2.05) is 6.92 Å². The van der Waals surface area contributed by atoms with Crippen LogP contribution in [-0.2, 0) is 14.9 Å². The van der Waals surface area contributed by atoms with Crippen LogP contribution in [0.1, 0.15) is 52.5 Å². The number of carbonyl (C=O) groups is 1. The van der Waals surface area contributed by atoms with Crippen LogP contribution in [0.3, 0.4) is 0 Å². The predicted molar refractivity (Wildman–Crippen MR) is 121 cm³/mol. The van der Waals surface area contributed by atoms with Crippen molar-refractivity contribution >= 4 is 11.5 Å². The lowest BCUT2D eigenvalue weighted by atomic mass is 9.58. The van der Waals surface area contributed by atoms with Gasteiger partial charge in [-0.3, -0.25) is 4.79 Å². The van der Waals surface area contributed by atoms with E-state index in [2.05, 4.69) is 65.5 Å². The lowest BCUT2D eigenvalue weighted by molar-refractivity contribution is -0.119. The summed E-state index contributed by atoms with van der Waals surface area (Å²) in [6, 6.07) is 8.77. The van der Waals surface area contributed by atoms with Gasteiger partial charge in [0.2, 0.25) is 0 Å². The minimum absolute atomic E-state index is 0.0515. The summed E-state index contributed by atoms with van der Waals surface area (Å²) >= 11 is 0. The van der Waals surface area contributed by atoms with E-state index in [9.17, 15) is 4.79 Å². The second kappa shape index (κ2) is 7.30. The van der Waals surface area contributed by atoms with Gasteiger partial charge in [0.25, 0.3) is 0 Å². The van der Waals surface area contributed by atoms with Gasteiger partial charge < -0.3 is 15.0 Å². The first kappa shape index (κ1) is 20.4. The van der Waals surface area contributed by atoms with Crippen LogP contribution >= 0.6 is 0 Å². The number of Topliss-reactive ketones (excluding diaryl/α,β-unsaturated/α-hetero) is 1. The Kier molecular flexibility index (Phi) is 4.81. The van der Waals surface area contributed by atoms with Gasteiger partial charge in [-0.15, -0.1) is 0 Å². The van der Waals surface area contributed by atoms with E-state index in [1.54, 1.807) is 0 Å². The molecule has 0 spiro atoms. The number of rotatable bonds is 3. The maximum absolute atomic E-state index is 13.7. The van der Waals surface area contributed by atoms with Crippen LogP contribution < -0.4 is 10.2 Å². The molecule has 0 aromatic heterocycles. The molecular weight excluding hydrogens is 388 g/mol. The summed E-state index contributed by atoms with van der Waals surface area (Å²) in [6.07, 6.45) is 2.05. The first-order valence-corrected chi connectivity index (χ1v) is 11.4. The zero-order valence-corrected chi connectivity index (χ0v) is 19.0. The van der Waals surface area contributed by atoms with Gasteiger partial charge in [-0.05, 0) is 42.9 Å². The molecule has 1 aromatic carbocycles. The molecule has 3 heterocycles. The molecule has 0 saturated carbocycles. The molecule has 1 saturated heterocycles. The number of nitrogens with zero attached hydrogens (tertiary/aromatic N) is 3. The zero-order valence-electron chi connectivity index (χ0n) is 19.0. The van der Waals surface area contributed by atoms with Gasteiger partial charge >= 0.3 is 0 Å². The SMILES string of the molecule is CCC1(c2cccc(N3CCOCC3)c2)C2=C(CC(C)(C)CC2=O)NC2N=NC(C)=C21. The average molecular weight is 421 g/mol. The topological polar surface area (TPSA) is 66.3 Å². The molecule has 31 heavy (non-hydrogen) atoms. The molecule has 6 nitrogen and oxygen atoms in total. The molecule has 1 aliphatic carbocycles. The lowest BCUT2D eigenvalue weighted by Gasteiger charge is -2.48. The monoisotopic (exact) mass is 420 g/mol. The Morgan fingerprint density at radius 1 is 1.23 bits per heavy atom. The Balaban J connectivity index is 1.71. The first-order valence-electron chi connectivity index (χ1n) is 11.4. The summed E-state index contributed by atoms with van der Waals surface area (Å²) in [5, 5.41) is 12.6. The number of allylic oxidation sites excluding steroid dienone is 3. The molecule has 6 heteroatoms. The van der Waals surface area contributed by atoms with E-state index in [-0.39, 0.29) is 17.4 Å². The third-order valence-electron chi connectivity index (χ3n) is 7.30. The van der Waals surface area contributed by atoms with Crippen LogP contribution in [0.25, 0.3) is 0 Å². The van der Waals surface area contributed by atoms with E-state index in [0.717, 1.165) is 61.7 Å². The van der Waals surface area contributed by atoms with E-state index in [1.165, 1.54) is 11.3 Å². The molecule has 1 aromatic rings. The minimum atomic E-state index is -0.491. The molecule has 2 unspecified atom stereocenters. The van der Waals surface area contributed by atoms with Crippen molar-refractivity contribution < 1.29 is 9.53 Å². The summed E-state index contributed by atoms with van der Waals surface area (Å²) in [7, 11) is 0. The number of fused-ring (bicyclic) bond motifs is 1. The molecule has 1 N–H and O–H groups in total. The van der Waals surface area contributed by atoms with Crippen LogP contribution in [0.5, 0.6) is 0 Å². The van der Waals surface area contributed by atoms with Crippen molar-refractivity contribution in [2.24, 2.45) is 15.6 Å². The van der Waals surface area contributed by atoms with Crippen molar-refractivity contribution in [3.05, 3.63) is 52.4 Å². The summed E-state index contributed by atoms with van der Waals surface area (Å²) in [4.78, 5) is 16.0. The minimum Gasteiger partial charge on any atom is -0.378 e. The number of carbonyl (C=O) groups excluding carboxylic acids is 1. The number of hydrogen-bond donors (Lipinski definition) is 1. The zero-order chi connectivity index (χ0) is 21.8. The quantitative estimate of drug-likeness (QED) is 0.783. The first-order chi connectivity index (χ1) is 14.9. The molecule has 0 bridgehead atoms. The number of morpholine rings is 1. The maximum atomic E-state index is 13.7. The number of anilines is 1. The number of nitrogens with one attached hydrogen (secondary N) is 1. The standard InChI is InChI=1S/C25H32N4O2/c1-5-25(17-7-6-8-18(13-17)29-9-11-31-12-10-29)21-16(2)27-28-23(21)26-19-14-24(3,4)15-20(30)22(19)25/h6-8,13,23,26H,5,9-12,14-15H2,1-4H3. The second-order valence-corrected chi connectivity index (χ2v) is 9.96. The highest BCUT2D eigenvalue weighted by molar-refractivity contribution is 6.01. The Morgan fingerprint density at radius 2 is 2.00 bits per heavy atom. The van der Waals surface area contributed by atoms with Gasteiger partial charge in [0.1, 0.15) is 0 Å². The van der Waals surface area contributed by atoms with Crippen LogP contribution in [0, 0.1) is 5.41 Å². The van der Waals surface area contributed by atoms with Crippen molar-refractivity contribution in [2.75, 3.05) is 31.2 Å². The predicted octanol–water partition coefficient (Wildman–Crippen LogP) is 4.48. The fourth-order valence-electron chi connectivity index (χ4n) is 6.00. The van der Waals surface area contributed by atoms with Crippen molar-refractivity contribution in [2.45, 2.75) is 58.5 Å². The van der Waals surface area contributed by atoms with Crippen LogP contribution in [0.2, 0.25) is 0 Å². The second-order valence-electron chi connectivity index (χ2n) is 9.96.